The molecule has 0 bridgehead atoms. The Morgan fingerprint density at radius 2 is 1.86 bits per heavy atom. The smallest absolute Gasteiger partial charge is 0.240 e. The summed E-state index contributed by atoms with van der Waals surface area (Å²) in [6.07, 6.45) is 1.64. The molecule has 1 aliphatic carbocycles. The Labute approximate surface area is 132 Å². The summed E-state index contributed by atoms with van der Waals surface area (Å²) in [5.74, 6) is 0.0166. The van der Waals surface area contributed by atoms with Crippen LogP contribution in [0.4, 0.5) is 5.69 Å². The molecule has 1 saturated carbocycles. The van der Waals surface area contributed by atoms with E-state index in [1.54, 1.807) is 0 Å². The molecule has 1 amide bonds. The SMILES string of the molecule is CC(CN1CCN(c2ccccc2)CC1)NC(=O)C1(N)CC1. The van der Waals surface area contributed by atoms with Gasteiger partial charge in [-0.2, -0.15) is 0 Å². The first-order chi connectivity index (χ1) is 10.6. The minimum absolute atomic E-state index is 0.0166. The summed E-state index contributed by atoms with van der Waals surface area (Å²) in [7, 11) is 0. The minimum atomic E-state index is -0.569. The fraction of sp³-hybridized carbons (Fsp3) is 0.588. The van der Waals surface area contributed by atoms with Gasteiger partial charge < -0.3 is 16.0 Å². The molecule has 3 N–H and O–H groups in total. The van der Waals surface area contributed by atoms with Gasteiger partial charge in [-0.05, 0) is 31.9 Å². The first kappa shape index (κ1) is 15.3. The van der Waals surface area contributed by atoms with Crippen LogP contribution in [0.5, 0.6) is 0 Å². The molecule has 1 aliphatic heterocycles. The number of benzene rings is 1. The molecule has 1 atom stereocenters. The molecule has 22 heavy (non-hydrogen) atoms. The van der Waals surface area contributed by atoms with Crippen LogP contribution in [-0.2, 0) is 4.79 Å². The topological polar surface area (TPSA) is 61.6 Å². The third-order valence-electron chi connectivity index (χ3n) is 4.64. The van der Waals surface area contributed by atoms with E-state index in [9.17, 15) is 4.79 Å². The Morgan fingerprint density at radius 1 is 1.23 bits per heavy atom. The maximum atomic E-state index is 12.0. The number of amides is 1. The number of piperazine rings is 1. The fourth-order valence-corrected chi connectivity index (χ4v) is 2.99. The standard InChI is InChI=1S/C17H26N4O/c1-14(19-16(22)17(18)7-8-17)13-20-9-11-21(12-10-20)15-5-3-2-4-6-15/h2-6,14H,7-13,18H2,1H3,(H,19,22). The van der Waals surface area contributed by atoms with Crippen LogP contribution in [0, 0.1) is 0 Å². The second-order valence-electron chi connectivity index (χ2n) is 6.65. The molecule has 1 heterocycles. The van der Waals surface area contributed by atoms with Crippen LogP contribution < -0.4 is 16.0 Å². The highest BCUT2D eigenvalue weighted by Crippen LogP contribution is 2.32. The van der Waals surface area contributed by atoms with Crippen molar-refractivity contribution in [1.29, 1.82) is 0 Å². The second kappa shape index (κ2) is 6.26. The summed E-state index contributed by atoms with van der Waals surface area (Å²) in [4.78, 5) is 16.8. The van der Waals surface area contributed by atoms with E-state index in [1.807, 2.05) is 6.07 Å². The number of rotatable bonds is 5. The molecule has 120 valence electrons. The highest BCUT2D eigenvalue weighted by Gasteiger charge is 2.46. The van der Waals surface area contributed by atoms with Gasteiger partial charge in [-0.25, -0.2) is 0 Å². The lowest BCUT2D eigenvalue weighted by atomic mass is 10.2. The Hall–Kier alpha value is -1.59. The Morgan fingerprint density at radius 3 is 2.45 bits per heavy atom. The van der Waals surface area contributed by atoms with Crippen molar-refractivity contribution in [1.82, 2.24) is 10.2 Å². The number of carbonyl (C=O) groups is 1. The van der Waals surface area contributed by atoms with Crippen molar-refractivity contribution in [2.45, 2.75) is 31.3 Å². The van der Waals surface area contributed by atoms with Crippen LogP contribution >= 0.6 is 0 Å². The molecular weight excluding hydrogens is 276 g/mol. The monoisotopic (exact) mass is 302 g/mol. The fourth-order valence-electron chi connectivity index (χ4n) is 2.99. The van der Waals surface area contributed by atoms with E-state index in [-0.39, 0.29) is 11.9 Å². The number of hydrogen-bond donors (Lipinski definition) is 2. The predicted molar refractivity (Wildman–Crippen MR) is 88.9 cm³/mol. The Kier molecular flexibility index (Phi) is 4.36. The van der Waals surface area contributed by atoms with Crippen molar-refractivity contribution in [2.75, 3.05) is 37.6 Å². The number of nitrogens with one attached hydrogen (secondary N) is 1. The van der Waals surface area contributed by atoms with Crippen molar-refractivity contribution in [2.24, 2.45) is 5.73 Å². The number of nitrogens with two attached hydrogens (primary N) is 1. The molecule has 5 heteroatoms. The molecule has 0 aromatic heterocycles. The summed E-state index contributed by atoms with van der Waals surface area (Å²) in [5, 5.41) is 3.05. The average Bonchev–Trinajstić information content (AvgIpc) is 3.28. The summed E-state index contributed by atoms with van der Waals surface area (Å²) >= 11 is 0. The molecule has 2 fully saturated rings. The van der Waals surface area contributed by atoms with Crippen LogP contribution in [-0.4, -0.2) is 55.1 Å². The van der Waals surface area contributed by atoms with Crippen LogP contribution in [0.1, 0.15) is 19.8 Å². The molecule has 3 rings (SSSR count). The molecule has 2 aliphatic rings. The molecule has 0 radical (unpaired) electrons. The molecule has 0 spiro atoms. The van der Waals surface area contributed by atoms with Crippen molar-refractivity contribution >= 4 is 11.6 Å². The van der Waals surface area contributed by atoms with Crippen LogP contribution in [0.15, 0.2) is 30.3 Å². The number of carbonyl (C=O) groups excluding carboxylic acids is 1. The average molecular weight is 302 g/mol. The zero-order valence-corrected chi connectivity index (χ0v) is 13.3. The Bertz CT molecular complexity index is 507. The third kappa shape index (κ3) is 3.59. The summed E-state index contributed by atoms with van der Waals surface area (Å²) in [6, 6.07) is 10.7. The van der Waals surface area contributed by atoms with E-state index < -0.39 is 5.54 Å². The first-order valence-corrected chi connectivity index (χ1v) is 8.19. The van der Waals surface area contributed by atoms with E-state index in [1.165, 1.54) is 5.69 Å². The molecule has 1 aromatic carbocycles. The quantitative estimate of drug-likeness (QED) is 0.845. The highest BCUT2D eigenvalue weighted by atomic mass is 16.2. The van der Waals surface area contributed by atoms with Gasteiger partial charge in [0.2, 0.25) is 5.91 Å². The second-order valence-corrected chi connectivity index (χ2v) is 6.65. The number of para-hydroxylation sites is 1. The molecule has 1 saturated heterocycles. The molecule has 1 unspecified atom stereocenters. The zero-order chi connectivity index (χ0) is 15.6. The van der Waals surface area contributed by atoms with Crippen LogP contribution in [0.25, 0.3) is 0 Å². The van der Waals surface area contributed by atoms with E-state index in [0.717, 1.165) is 45.6 Å². The van der Waals surface area contributed by atoms with E-state index in [4.69, 9.17) is 5.73 Å². The van der Waals surface area contributed by atoms with Crippen LogP contribution in [0.2, 0.25) is 0 Å². The molecular formula is C17H26N4O. The first-order valence-electron chi connectivity index (χ1n) is 8.19. The number of hydrogen-bond acceptors (Lipinski definition) is 4. The van der Waals surface area contributed by atoms with Gasteiger partial charge in [-0.3, -0.25) is 9.69 Å². The maximum absolute atomic E-state index is 12.0. The molecule has 1 aromatic rings. The van der Waals surface area contributed by atoms with Gasteiger partial charge in [-0.15, -0.1) is 0 Å². The van der Waals surface area contributed by atoms with Gasteiger partial charge >= 0.3 is 0 Å². The number of anilines is 1. The zero-order valence-electron chi connectivity index (χ0n) is 13.3. The van der Waals surface area contributed by atoms with Crippen molar-refractivity contribution in [3.8, 4) is 0 Å². The third-order valence-corrected chi connectivity index (χ3v) is 4.64. The van der Waals surface area contributed by atoms with E-state index >= 15 is 0 Å². The summed E-state index contributed by atoms with van der Waals surface area (Å²) in [5.41, 5.74) is 6.65. The van der Waals surface area contributed by atoms with E-state index in [0.29, 0.717) is 0 Å². The van der Waals surface area contributed by atoms with Gasteiger partial charge in [-0.1, -0.05) is 18.2 Å². The Balaban J connectivity index is 1.43. The van der Waals surface area contributed by atoms with Gasteiger partial charge in [0.25, 0.3) is 0 Å². The lowest BCUT2D eigenvalue weighted by Crippen LogP contribution is -2.53. The van der Waals surface area contributed by atoms with Gasteiger partial charge in [0.1, 0.15) is 0 Å². The molecule has 5 nitrogen and oxygen atoms in total. The lowest BCUT2D eigenvalue weighted by molar-refractivity contribution is -0.124. The van der Waals surface area contributed by atoms with Gasteiger partial charge in [0, 0.05) is 44.5 Å². The lowest BCUT2D eigenvalue weighted by Gasteiger charge is -2.37. The largest absolute Gasteiger partial charge is 0.369 e. The highest BCUT2D eigenvalue weighted by molar-refractivity contribution is 5.89. The predicted octanol–water partition coefficient (Wildman–Crippen LogP) is 0.805. The van der Waals surface area contributed by atoms with Gasteiger partial charge in [0.15, 0.2) is 0 Å². The minimum Gasteiger partial charge on any atom is -0.369 e. The summed E-state index contributed by atoms with van der Waals surface area (Å²) < 4.78 is 0. The number of nitrogens with zero attached hydrogens (tertiary/aromatic N) is 2. The van der Waals surface area contributed by atoms with Crippen molar-refractivity contribution in [3.05, 3.63) is 30.3 Å². The maximum Gasteiger partial charge on any atom is 0.240 e. The van der Waals surface area contributed by atoms with Crippen molar-refractivity contribution in [3.63, 3.8) is 0 Å². The van der Waals surface area contributed by atoms with E-state index in [2.05, 4.69) is 46.3 Å². The van der Waals surface area contributed by atoms with Crippen LogP contribution in [0.3, 0.4) is 0 Å². The summed E-state index contributed by atoms with van der Waals surface area (Å²) in [6.45, 7) is 7.08. The van der Waals surface area contributed by atoms with Gasteiger partial charge in [0.05, 0.1) is 5.54 Å². The normalized spacial score (nSPS) is 22.2. The van der Waals surface area contributed by atoms with Crippen molar-refractivity contribution < 1.29 is 4.79 Å².